The number of aliphatic hydroxyl groups excluding tert-OH is 1. The second kappa shape index (κ2) is 10.4. The number of carbonyl (C=O) groups is 1. The second-order valence-electron chi connectivity index (χ2n) is 5.23. The van der Waals surface area contributed by atoms with E-state index in [1.54, 1.807) is 0 Å². The monoisotopic (exact) mass is 277 g/mol. The van der Waals surface area contributed by atoms with E-state index >= 15 is 0 Å². The Morgan fingerprint density at radius 1 is 1.10 bits per heavy atom. The summed E-state index contributed by atoms with van der Waals surface area (Å²) in [4.78, 5) is 11.9. The number of unbranched alkanes of at least 4 members (excludes halogenated alkanes) is 5. The van der Waals surface area contributed by atoms with Crippen molar-refractivity contribution < 1.29 is 9.90 Å². The third-order valence-electron chi connectivity index (χ3n) is 3.48. The van der Waals surface area contributed by atoms with Crippen LogP contribution in [0.5, 0.6) is 0 Å². The van der Waals surface area contributed by atoms with Gasteiger partial charge in [-0.25, -0.2) is 0 Å². The highest BCUT2D eigenvalue weighted by molar-refractivity contribution is 5.76. The van der Waals surface area contributed by atoms with Crippen molar-refractivity contribution in [2.45, 2.75) is 57.9 Å². The molecule has 3 nitrogen and oxygen atoms in total. The Kier molecular flexibility index (Phi) is 8.72. The molecule has 0 aliphatic rings. The van der Waals surface area contributed by atoms with Crippen LogP contribution >= 0.6 is 0 Å². The lowest BCUT2D eigenvalue weighted by Gasteiger charge is -2.16. The Labute approximate surface area is 122 Å². The maximum Gasteiger partial charge on any atom is 0.220 e. The first-order valence-electron chi connectivity index (χ1n) is 7.73. The fourth-order valence-corrected chi connectivity index (χ4v) is 2.25. The highest BCUT2D eigenvalue weighted by Crippen LogP contribution is 2.12. The summed E-state index contributed by atoms with van der Waals surface area (Å²) >= 11 is 0. The van der Waals surface area contributed by atoms with E-state index in [9.17, 15) is 9.90 Å². The third-order valence-corrected chi connectivity index (χ3v) is 3.48. The van der Waals surface area contributed by atoms with Gasteiger partial charge in [-0.05, 0) is 12.0 Å². The van der Waals surface area contributed by atoms with Crippen LogP contribution in [0, 0.1) is 0 Å². The van der Waals surface area contributed by atoms with E-state index < -0.39 is 0 Å². The molecule has 112 valence electrons. The lowest BCUT2D eigenvalue weighted by molar-refractivity contribution is -0.122. The zero-order chi connectivity index (χ0) is 14.6. The Bertz CT molecular complexity index is 365. The van der Waals surface area contributed by atoms with E-state index in [0.717, 1.165) is 18.4 Å². The van der Waals surface area contributed by atoms with E-state index in [1.165, 1.54) is 25.7 Å². The zero-order valence-corrected chi connectivity index (χ0v) is 12.5. The first-order chi connectivity index (χ1) is 9.77. The van der Waals surface area contributed by atoms with Gasteiger partial charge in [0.25, 0.3) is 0 Å². The number of rotatable bonds is 10. The minimum Gasteiger partial charge on any atom is -0.394 e. The number of carbonyl (C=O) groups excluding carboxylic acids is 1. The first kappa shape index (κ1) is 16.7. The van der Waals surface area contributed by atoms with Crippen molar-refractivity contribution >= 4 is 5.91 Å². The molecule has 0 heterocycles. The van der Waals surface area contributed by atoms with Crippen LogP contribution in [-0.2, 0) is 4.79 Å². The quantitative estimate of drug-likeness (QED) is 0.642. The predicted molar refractivity (Wildman–Crippen MR) is 82.4 cm³/mol. The summed E-state index contributed by atoms with van der Waals surface area (Å²) in [5, 5.41) is 12.3. The van der Waals surface area contributed by atoms with Gasteiger partial charge >= 0.3 is 0 Å². The van der Waals surface area contributed by atoms with Crippen molar-refractivity contribution in [2.75, 3.05) is 6.61 Å². The van der Waals surface area contributed by atoms with Gasteiger partial charge in [-0.3, -0.25) is 4.79 Å². The van der Waals surface area contributed by atoms with Gasteiger partial charge in [0, 0.05) is 6.42 Å². The third kappa shape index (κ3) is 6.71. The molecule has 0 bridgehead atoms. The Balaban J connectivity index is 2.23. The molecule has 1 amide bonds. The standard InChI is InChI=1S/C17H27NO2/c1-2-3-4-5-6-10-13-17(20)18-16(14-19)15-11-8-7-9-12-15/h7-9,11-12,16,19H,2-6,10,13-14H2,1H3,(H,18,20)/t16-/m1/s1. The van der Waals surface area contributed by atoms with Crippen molar-refractivity contribution in [2.24, 2.45) is 0 Å². The Morgan fingerprint density at radius 2 is 1.75 bits per heavy atom. The van der Waals surface area contributed by atoms with E-state index in [2.05, 4.69) is 12.2 Å². The maximum absolute atomic E-state index is 11.9. The van der Waals surface area contributed by atoms with Crippen molar-refractivity contribution in [3.8, 4) is 0 Å². The number of nitrogens with one attached hydrogen (secondary N) is 1. The van der Waals surface area contributed by atoms with Gasteiger partial charge in [-0.2, -0.15) is 0 Å². The van der Waals surface area contributed by atoms with Gasteiger partial charge in [-0.1, -0.05) is 69.4 Å². The highest BCUT2D eigenvalue weighted by atomic mass is 16.3. The van der Waals surface area contributed by atoms with Crippen LogP contribution in [0.15, 0.2) is 30.3 Å². The molecule has 1 atom stereocenters. The van der Waals surface area contributed by atoms with Crippen LogP contribution in [0.25, 0.3) is 0 Å². The topological polar surface area (TPSA) is 49.3 Å². The van der Waals surface area contributed by atoms with Crippen LogP contribution in [0.3, 0.4) is 0 Å². The van der Waals surface area contributed by atoms with Gasteiger partial charge in [0.05, 0.1) is 12.6 Å². The van der Waals surface area contributed by atoms with Crippen molar-refractivity contribution in [3.63, 3.8) is 0 Å². The number of hydrogen-bond donors (Lipinski definition) is 2. The molecule has 0 saturated heterocycles. The fraction of sp³-hybridized carbons (Fsp3) is 0.588. The summed E-state index contributed by atoms with van der Waals surface area (Å²) in [6.07, 6.45) is 7.60. The number of hydrogen-bond acceptors (Lipinski definition) is 2. The lowest BCUT2D eigenvalue weighted by Crippen LogP contribution is -2.30. The minimum absolute atomic E-state index is 0.0309. The molecule has 0 unspecified atom stereocenters. The number of amides is 1. The molecule has 0 spiro atoms. The van der Waals surface area contributed by atoms with Gasteiger partial charge in [0.15, 0.2) is 0 Å². The molecule has 0 fully saturated rings. The smallest absolute Gasteiger partial charge is 0.220 e. The average Bonchev–Trinajstić information content (AvgIpc) is 2.49. The molecule has 0 radical (unpaired) electrons. The average molecular weight is 277 g/mol. The molecule has 2 N–H and O–H groups in total. The molecule has 1 aromatic carbocycles. The molecular weight excluding hydrogens is 250 g/mol. The van der Waals surface area contributed by atoms with Crippen molar-refractivity contribution in [1.29, 1.82) is 0 Å². The summed E-state index contributed by atoms with van der Waals surface area (Å²) < 4.78 is 0. The molecule has 0 aliphatic heterocycles. The normalized spacial score (nSPS) is 12.1. The molecule has 0 aromatic heterocycles. The lowest BCUT2D eigenvalue weighted by atomic mass is 10.1. The first-order valence-corrected chi connectivity index (χ1v) is 7.73. The van der Waals surface area contributed by atoms with Gasteiger partial charge in [-0.15, -0.1) is 0 Å². The van der Waals surface area contributed by atoms with Gasteiger partial charge in [0.1, 0.15) is 0 Å². The maximum atomic E-state index is 11.9. The number of benzene rings is 1. The van der Waals surface area contributed by atoms with Crippen molar-refractivity contribution in [3.05, 3.63) is 35.9 Å². The number of aliphatic hydroxyl groups is 1. The summed E-state index contributed by atoms with van der Waals surface area (Å²) in [6.45, 7) is 2.14. The summed E-state index contributed by atoms with van der Waals surface area (Å²) in [7, 11) is 0. The molecule has 1 aromatic rings. The SMILES string of the molecule is CCCCCCCCC(=O)N[C@H](CO)c1ccccc1. The Morgan fingerprint density at radius 3 is 2.40 bits per heavy atom. The zero-order valence-electron chi connectivity index (χ0n) is 12.5. The second-order valence-corrected chi connectivity index (χ2v) is 5.23. The molecule has 0 saturated carbocycles. The highest BCUT2D eigenvalue weighted by Gasteiger charge is 2.12. The molecular formula is C17H27NO2. The van der Waals surface area contributed by atoms with Crippen LogP contribution < -0.4 is 5.32 Å². The molecule has 0 aliphatic carbocycles. The largest absolute Gasteiger partial charge is 0.394 e. The summed E-state index contributed by atoms with van der Waals surface area (Å²) in [6, 6.07) is 9.31. The van der Waals surface area contributed by atoms with Crippen LogP contribution in [0.4, 0.5) is 0 Å². The molecule has 1 rings (SSSR count). The van der Waals surface area contributed by atoms with Gasteiger partial charge < -0.3 is 10.4 Å². The van der Waals surface area contributed by atoms with E-state index in [0.29, 0.717) is 6.42 Å². The minimum atomic E-state index is -0.288. The molecule has 3 heteroatoms. The van der Waals surface area contributed by atoms with E-state index in [-0.39, 0.29) is 18.6 Å². The predicted octanol–water partition coefficient (Wildman–Crippen LogP) is 3.59. The molecule has 20 heavy (non-hydrogen) atoms. The summed E-state index contributed by atoms with van der Waals surface area (Å²) in [5.41, 5.74) is 0.950. The van der Waals surface area contributed by atoms with E-state index in [4.69, 9.17) is 0 Å². The van der Waals surface area contributed by atoms with Crippen LogP contribution in [-0.4, -0.2) is 17.6 Å². The van der Waals surface area contributed by atoms with Gasteiger partial charge in [0.2, 0.25) is 5.91 Å². The Hall–Kier alpha value is -1.35. The van der Waals surface area contributed by atoms with Crippen LogP contribution in [0.1, 0.15) is 63.5 Å². The van der Waals surface area contributed by atoms with E-state index in [1.807, 2.05) is 30.3 Å². The summed E-state index contributed by atoms with van der Waals surface area (Å²) in [5.74, 6) is 0.0309. The fourth-order valence-electron chi connectivity index (χ4n) is 2.25. The van der Waals surface area contributed by atoms with Crippen molar-refractivity contribution in [1.82, 2.24) is 5.32 Å². The van der Waals surface area contributed by atoms with Crippen LogP contribution in [0.2, 0.25) is 0 Å².